The number of ether oxygens (including phenoxy) is 1. The van der Waals surface area contributed by atoms with E-state index in [4.69, 9.17) is 0 Å². The monoisotopic (exact) mass is 325 g/mol. The summed E-state index contributed by atoms with van der Waals surface area (Å²) in [5, 5.41) is 0. The number of fused-ring (bicyclic) bond motifs is 1. The van der Waals surface area contributed by atoms with Gasteiger partial charge in [-0.15, -0.1) is 0 Å². The molecule has 1 amide bonds. The van der Waals surface area contributed by atoms with Crippen LogP contribution in [0.4, 0.5) is 0 Å². The first kappa shape index (κ1) is 14.1. The molecule has 1 aliphatic heterocycles. The van der Waals surface area contributed by atoms with Crippen molar-refractivity contribution in [3.05, 3.63) is 33.8 Å². The van der Waals surface area contributed by atoms with Gasteiger partial charge in [0.1, 0.15) is 6.54 Å². The zero-order chi connectivity index (χ0) is 14.2. The quantitative estimate of drug-likeness (QED) is 0.784. The third-order valence-electron chi connectivity index (χ3n) is 3.36. The van der Waals surface area contributed by atoms with Crippen LogP contribution in [0.25, 0.3) is 0 Å². The zero-order valence-electron chi connectivity index (χ0n) is 11.2. The number of hydrogen-bond donors (Lipinski definition) is 0. The summed E-state index contributed by atoms with van der Waals surface area (Å²) in [6.45, 7) is 4.63. The Kier molecular flexibility index (Phi) is 3.67. The first-order chi connectivity index (χ1) is 8.85. The molecule has 1 aromatic carbocycles. The number of amides is 1. The van der Waals surface area contributed by atoms with Crippen LogP contribution in [0, 0.1) is 0 Å². The van der Waals surface area contributed by atoms with Gasteiger partial charge in [0.15, 0.2) is 0 Å². The second-order valence-electron chi connectivity index (χ2n) is 5.31. The molecular formula is C14H16BrNO3. The van der Waals surface area contributed by atoms with E-state index in [0.717, 1.165) is 10.0 Å². The number of hydrogen-bond acceptors (Lipinski definition) is 3. The summed E-state index contributed by atoms with van der Waals surface area (Å²) < 4.78 is 5.59. The molecule has 0 fully saturated rings. The molecule has 0 spiro atoms. The van der Waals surface area contributed by atoms with Crippen molar-refractivity contribution in [2.24, 2.45) is 0 Å². The van der Waals surface area contributed by atoms with E-state index in [2.05, 4.69) is 34.5 Å². The van der Waals surface area contributed by atoms with Gasteiger partial charge in [-0.05, 0) is 23.8 Å². The van der Waals surface area contributed by atoms with Crippen molar-refractivity contribution >= 4 is 27.8 Å². The molecule has 0 atom stereocenters. The molecule has 1 heterocycles. The molecular weight excluding hydrogens is 310 g/mol. The molecule has 0 aromatic heterocycles. The van der Waals surface area contributed by atoms with Crippen LogP contribution in [0.1, 0.15) is 29.8 Å². The third kappa shape index (κ3) is 2.66. The molecule has 0 saturated carbocycles. The summed E-state index contributed by atoms with van der Waals surface area (Å²) in [4.78, 5) is 25.3. The van der Waals surface area contributed by atoms with Gasteiger partial charge in [0.2, 0.25) is 0 Å². The standard InChI is InChI=1S/C14H16BrNO3/c1-14(2)8-16(7-12(17)19-3)13(18)10-5-4-9(15)6-11(10)14/h4-6H,7-8H2,1-3H3. The van der Waals surface area contributed by atoms with E-state index in [1.165, 1.54) is 7.11 Å². The average molecular weight is 326 g/mol. The van der Waals surface area contributed by atoms with Gasteiger partial charge in [-0.2, -0.15) is 0 Å². The Balaban J connectivity index is 2.40. The smallest absolute Gasteiger partial charge is 0.325 e. The maximum Gasteiger partial charge on any atom is 0.325 e. The van der Waals surface area contributed by atoms with Gasteiger partial charge in [-0.1, -0.05) is 29.8 Å². The third-order valence-corrected chi connectivity index (χ3v) is 3.86. The lowest BCUT2D eigenvalue weighted by Gasteiger charge is -2.39. The highest BCUT2D eigenvalue weighted by Gasteiger charge is 2.37. The van der Waals surface area contributed by atoms with Gasteiger partial charge in [0.25, 0.3) is 5.91 Å². The first-order valence-corrected chi connectivity index (χ1v) is 6.80. The van der Waals surface area contributed by atoms with Crippen molar-refractivity contribution in [2.45, 2.75) is 19.3 Å². The fourth-order valence-electron chi connectivity index (χ4n) is 2.42. The fourth-order valence-corrected chi connectivity index (χ4v) is 2.78. The lowest BCUT2D eigenvalue weighted by Crippen LogP contribution is -2.48. The number of methoxy groups -OCH3 is 1. The fraction of sp³-hybridized carbons (Fsp3) is 0.429. The maximum atomic E-state index is 12.4. The summed E-state index contributed by atoms with van der Waals surface area (Å²) in [5.41, 5.74) is 1.47. The topological polar surface area (TPSA) is 46.6 Å². The van der Waals surface area contributed by atoms with E-state index in [1.807, 2.05) is 12.1 Å². The summed E-state index contributed by atoms with van der Waals surface area (Å²) in [5.74, 6) is -0.517. The number of halogens is 1. The lowest BCUT2D eigenvalue weighted by atomic mass is 9.78. The molecule has 0 saturated heterocycles. The highest BCUT2D eigenvalue weighted by Crippen LogP contribution is 2.34. The minimum absolute atomic E-state index is 0.00569. The summed E-state index contributed by atoms with van der Waals surface area (Å²) >= 11 is 3.43. The molecule has 19 heavy (non-hydrogen) atoms. The second-order valence-corrected chi connectivity index (χ2v) is 6.23. The van der Waals surface area contributed by atoms with Crippen molar-refractivity contribution in [1.29, 1.82) is 0 Å². The minimum atomic E-state index is -0.398. The number of benzene rings is 1. The molecule has 0 unspecified atom stereocenters. The number of carbonyl (C=O) groups is 2. The second kappa shape index (κ2) is 4.96. The van der Waals surface area contributed by atoms with Crippen molar-refractivity contribution in [3.8, 4) is 0 Å². The van der Waals surface area contributed by atoms with E-state index in [9.17, 15) is 9.59 Å². The van der Waals surface area contributed by atoms with Crippen LogP contribution in [0.15, 0.2) is 22.7 Å². The molecule has 1 aliphatic rings. The summed E-state index contributed by atoms with van der Waals surface area (Å²) in [6, 6.07) is 5.62. The number of nitrogens with zero attached hydrogens (tertiary/aromatic N) is 1. The van der Waals surface area contributed by atoms with Crippen molar-refractivity contribution in [2.75, 3.05) is 20.2 Å². The van der Waals surface area contributed by atoms with Crippen LogP contribution >= 0.6 is 15.9 Å². The molecule has 0 bridgehead atoms. The number of esters is 1. The molecule has 5 heteroatoms. The average Bonchev–Trinajstić information content (AvgIpc) is 2.35. The SMILES string of the molecule is COC(=O)CN1CC(C)(C)c2cc(Br)ccc2C1=O. The largest absolute Gasteiger partial charge is 0.468 e. The van der Waals surface area contributed by atoms with Crippen molar-refractivity contribution < 1.29 is 14.3 Å². The van der Waals surface area contributed by atoms with Gasteiger partial charge in [-0.3, -0.25) is 9.59 Å². The number of carbonyl (C=O) groups excluding carboxylic acids is 2. The predicted molar refractivity (Wildman–Crippen MR) is 75.1 cm³/mol. The molecule has 1 aromatic rings. The predicted octanol–water partition coefficient (Wildman–Crippen LogP) is 2.36. The van der Waals surface area contributed by atoms with Gasteiger partial charge in [-0.25, -0.2) is 0 Å². The highest BCUT2D eigenvalue weighted by molar-refractivity contribution is 9.10. The van der Waals surface area contributed by atoms with Crippen molar-refractivity contribution in [3.63, 3.8) is 0 Å². The molecule has 0 aliphatic carbocycles. The molecule has 0 radical (unpaired) electrons. The van der Waals surface area contributed by atoms with Crippen LogP contribution in [-0.4, -0.2) is 37.0 Å². The molecule has 102 valence electrons. The molecule has 4 nitrogen and oxygen atoms in total. The Morgan fingerprint density at radius 3 is 2.79 bits per heavy atom. The van der Waals surface area contributed by atoms with Crippen molar-refractivity contribution in [1.82, 2.24) is 4.90 Å². The number of rotatable bonds is 2. The van der Waals surface area contributed by atoms with E-state index >= 15 is 0 Å². The summed E-state index contributed by atoms with van der Waals surface area (Å²) in [7, 11) is 1.33. The zero-order valence-corrected chi connectivity index (χ0v) is 12.8. The normalized spacial score (nSPS) is 17.1. The van der Waals surface area contributed by atoms with Gasteiger partial charge in [0, 0.05) is 22.0 Å². The van der Waals surface area contributed by atoms with E-state index in [0.29, 0.717) is 12.1 Å². The van der Waals surface area contributed by atoms with E-state index in [1.54, 1.807) is 11.0 Å². The highest BCUT2D eigenvalue weighted by atomic mass is 79.9. The summed E-state index contributed by atoms with van der Waals surface area (Å²) in [6.07, 6.45) is 0. The van der Waals surface area contributed by atoms with Crippen LogP contribution < -0.4 is 0 Å². The lowest BCUT2D eigenvalue weighted by molar-refractivity contribution is -0.141. The molecule has 2 rings (SSSR count). The minimum Gasteiger partial charge on any atom is -0.468 e. The van der Waals surface area contributed by atoms with Gasteiger partial charge in [0.05, 0.1) is 7.11 Å². The van der Waals surface area contributed by atoms with Crippen LogP contribution in [0.5, 0.6) is 0 Å². The maximum absolute atomic E-state index is 12.4. The molecule has 0 N–H and O–H groups in total. The van der Waals surface area contributed by atoms with Crippen LogP contribution in [0.3, 0.4) is 0 Å². The van der Waals surface area contributed by atoms with Crippen LogP contribution in [0.2, 0.25) is 0 Å². The van der Waals surface area contributed by atoms with Crippen LogP contribution in [-0.2, 0) is 14.9 Å². The first-order valence-electron chi connectivity index (χ1n) is 6.01. The Hall–Kier alpha value is -1.36. The van der Waals surface area contributed by atoms with Gasteiger partial charge < -0.3 is 9.64 Å². The Labute approximate surface area is 120 Å². The Morgan fingerprint density at radius 2 is 2.16 bits per heavy atom. The van der Waals surface area contributed by atoms with Gasteiger partial charge >= 0.3 is 5.97 Å². The van der Waals surface area contributed by atoms with E-state index in [-0.39, 0.29) is 17.9 Å². The Morgan fingerprint density at radius 1 is 1.47 bits per heavy atom. The van der Waals surface area contributed by atoms with E-state index < -0.39 is 5.97 Å². The Bertz CT molecular complexity index is 539.